The minimum Gasteiger partial charge on any atom is -0.480 e. The maximum Gasteiger partial charge on any atom is 0.326 e. The van der Waals surface area contributed by atoms with Crippen LogP contribution in [-0.2, 0) is 27.5 Å². The number of sulfone groups is 1. The maximum absolute atomic E-state index is 13.0. The van der Waals surface area contributed by atoms with E-state index in [4.69, 9.17) is 0 Å². The summed E-state index contributed by atoms with van der Waals surface area (Å²) < 4.78 is 25.9. The van der Waals surface area contributed by atoms with Crippen LogP contribution >= 0.6 is 0 Å². The largest absolute Gasteiger partial charge is 0.480 e. The topological polar surface area (TPSA) is 167 Å². The summed E-state index contributed by atoms with van der Waals surface area (Å²) >= 11 is 0. The molecule has 0 saturated heterocycles. The number of benzene rings is 3. The van der Waals surface area contributed by atoms with E-state index in [1.54, 1.807) is 6.07 Å². The van der Waals surface area contributed by atoms with Crippen LogP contribution in [0.4, 0.5) is 10.5 Å². The summed E-state index contributed by atoms with van der Waals surface area (Å²) in [7, 11) is -4.20. The lowest BCUT2D eigenvalue weighted by Crippen LogP contribution is -2.50. The van der Waals surface area contributed by atoms with E-state index in [0.29, 0.717) is 6.42 Å². The van der Waals surface area contributed by atoms with Gasteiger partial charge in [0.1, 0.15) is 10.9 Å². The van der Waals surface area contributed by atoms with Gasteiger partial charge < -0.3 is 20.4 Å². The average Bonchev–Trinajstić information content (AvgIpc) is 2.91. The molecule has 38 heavy (non-hydrogen) atoms. The van der Waals surface area contributed by atoms with Crippen LogP contribution in [0.25, 0.3) is 0 Å². The predicted molar refractivity (Wildman–Crippen MR) is 137 cm³/mol. The molecule has 0 spiro atoms. The zero-order chi connectivity index (χ0) is 27.7. The normalized spacial score (nSPS) is 11.9. The third kappa shape index (κ3) is 7.14. The number of nitrogens with zero attached hydrogens (tertiary/aromatic N) is 2. The first-order valence-electron chi connectivity index (χ1n) is 11.6. The van der Waals surface area contributed by atoms with Crippen molar-refractivity contribution in [3.05, 3.63) is 100 Å². The Hall–Kier alpha value is -4.29. The molecule has 3 aromatic rings. The number of hydrogen-bond donors (Lipinski definition) is 3. The maximum atomic E-state index is 13.0. The van der Waals surface area contributed by atoms with E-state index in [2.05, 4.69) is 5.32 Å². The number of aliphatic hydroxyl groups excluding tert-OH is 1. The average molecular weight is 542 g/mol. The van der Waals surface area contributed by atoms with Gasteiger partial charge in [-0.05, 0) is 35.7 Å². The smallest absolute Gasteiger partial charge is 0.326 e. The number of aliphatic carboxylic acids is 1. The molecule has 3 aromatic carbocycles. The summed E-state index contributed by atoms with van der Waals surface area (Å²) in [5.41, 5.74) is 0.400. The first-order chi connectivity index (χ1) is 18.1. The number of carboxylic acids is 1. The third-order valence-electron chi connectivity index (χ3n) is 5.77. The van der Waals surface area contributed by atoms with E-state index in [-0.39, 0.29) is 36.6 Å². The van der Waals surface area contributed by atoms with E-state index >= 15 is 0 Å². The molecule has 0 aliphatic rings. The van der Waals surface area contributed by atoms with Crippen molar-refractivity contribution in [3.63, 3.8) is 0 Å². The van der Waals surface area contributed by atoms with Crippen LogP contribution in [0.3, 0.4) is 0 Å². The van der Waals surface area contributed by atoms with E-state index in [9.17, 15) is 38.3 Å². The van der Waals surface area contributed by atoms with E-state index in [1.165, 1.54) is 35.2 Å². The Balaban J connectivity index is 1.80. The highest BCUT2D eigenvalue weighted by Gasteiger charge is 2.29. The van der Waals surface area contributed by atoms with Crippen LogP contribution in [0, 0.1) is 10.1 Å². The summed E-state index contributed by atoms with van der Waals surface area (Å²) in [5, 5.41) is 33.2. The standard InChI is InChI=1S/C26H27N3O8S/c30-16-15-28(14-13-19-7-3-1-4-8-19)26(33)27-22(25(31)32)17-20-11-12-24(23(18-20)29(34)35)38(36,37)21-9-5-2-6-10-21/h1-12,18,22,30H,13-17H2,(H,27,33)(H,31,32)/t22-/m0/s1. The summed E-state index contributed by atoms with van der Waals surface area (Å²) in [4.78, 5) is 36.3. The van der Waals surface area contributed by atoms with Gasteiger partial charge in [0.05, 0.1) is 16.4 Å². The third-order valence-corrected chi connectivity index (χ3v) is 7.59. The van der Waals surface area contributed by atoms with Crippen molar-refractivity contribution in [1.82, 2.24) is 10.2 Å². The lowest BCUT2D eigenvalue weighted by Gasteiger charge is -2.25. The number of nitro benzene ring substituents is 1. The van der Waals surface area contributed by atoms with E-state index in [0.717, 1.165) is 17.7 Å². The molecule has 0 aromatic heterocycles. The molecule has 1 atom stereocenters. The number of carbonyl (C=O) groups excluding carboxylic acids is 1. The molecule has 3 N–H and O–H groups in total. The van der Waals surface area contributed by atoms with Gasteiger partial charge in [0, 0.05) is 25.6 Å². The summed E-state index contributed by atoms with van der Waals surface area (Å²) in [6.07, 6.45) is 0.148. The number of hydrogen-bond acceptors (Lipinski definition) is 7. The number of carbonyl (C=O) groups is 2. The molecule has 0 unspecified atom stereocenters. The van der Waals surface area contributed by atoms with Gasteiger partial charge in [0.15, 0.2) is 0 Å². The molecule has 0 aliphatic heterocycles. The van der Waals surface area contributed by atoms with Gasteiger partial charge in [-0.2, -0.15) is 0 Å². The second-order valence-corrected chi connectivity index (χ2v) is 10.3. The summed E-state index contributed by atoms with van der Waals surface area (Å²) in [6, 6.07) is 17.7. The number of aliphatic hydroxyl groups is 1. The van der Waals surface area contributed by atoms with Gasteiger partial charge in [-0.1, -0.05) is 54.6 Å². The van der Waals surface area contributed by atoms with Crippen molar-refractivity contribution in [2.75, 3.05) is 19.7 Å². The Morgan fingerprint density at radius 3 is 2.16 bits per heavy atom. The number of amides is 2. The van der Waals surface area contributed by atoms with Crippen LogP contribution in [0.5, 0.6) is 0 Å². The molecule has 11 nitrogen and oxygen atoms in total. The highest BCUT2D eigenvalue weighted by atomic mass is 32.2. The first-order valence-corrected chi connectivity index (χ1v) is 13.1. The van der Waals surface area contributed by atoms with Gasteiger partial charge in [0.25, 0.3) is 5.69 Å². The zero-order valence-corrected chi connectivity index (χ0v) is 21.1. The Kier molecular flexibility index (Phi) is 9.52. The molecule has 0 aliphatic carbocycles. The Labute approximate surface area is 219 Å². The van der Waals surface area contributed by atoms with Gasteiger partial charge in [-0.3, -0.25) is 10.1 Å². The van der Waals surface area contributed by atoms with Crippen LogP contribution in [-0.4, -0.2) is 66.2 Å². The fraction of sp³-hybridized carbons (Fsp3) is 0.231. The second kappa shape index (κ2) is 12.8. The quantitative estimate of drug-likeness (QED) is 0.232. The van der Waals surface area contributed by atoms with Crippen molar-refractivity contribution in [2.24, 2.45) is 0 Å². The van der Waals surface area contributed by atoms with Crippen molar-refractivity contribution in [2.45, 2.75) is 28.7 Å². The minimum absolute atomic E-state index is 0.0253. The molecular weight excluding hydrogens is 514 g/mol. The van der Waals surface area contributed by atoms with E-state index < -0.39 is 43.4 Å². The number of nitrogens with one attached hydrogen (secondary N) is 1. The molecule has 0 fully saturated rings. The number of carboxylic acid groups (broad SMARTS) is 1. The number of urea groups is 1. The minimum atomic E-state index is -4.20. The molecule has 200 valence electrons. The number of nitro groups is 1. The lowest BCUT2D eigenvalue weighted by molar-refractivity contribution is -0.387. The lowest BCUT2D eigenvalue weighted by atomic mass is 10.1. The molecule has 12 heteroatoms. The Morgan fingerprint density at radius 1 is 0.947 bits per heavy atom. The number of rotatable bonds is 12. The molecular formula is C26H27N3O8S. The molecule has 2 amide bonds. The molecule has 0 heterocycles. The molecule has 0 bridgehead atoms. The van der Waals surface area contributed by atoms with E-state index in [1.807, 2.05) is 30.3 Å². The van der Waals surface area contributed by atoms with Crippen molar-refractivity contribution in [3.8, 4) is 0 Å². The summed E-state index contributed by atoms with van der Waals surface area (Å²) in [6.45, 7) is -0.133. The fourth-order valence-corrected chi connectivity index (χ4v) is 5.23. The highest BCUT2D eigenvalue weighted by molar-refractivity contribution is 7.91. The van der Waals surface area contributed by atoms with Crippen molar-refractivity contribution in [1.29, 1.82) is 0 Å². The zero-order valence-electron chi connectivity index (χ0n) is 20.3. The first kappa shape index (κ1) is 28.3. The second-order valence-electron chi connectivity index (χ2n) is 8.37. The van der Waals surface area contributed by atoms with Gasteiger partial charge in [-0.25, -0.2) is 18.0 Å². The van der Waals surface area contributed by atoms with Gasteiger partial charge in [0.2, 0.25) is 9.84 Å². The Bertz CT molecular complexity index is 1380. The van der Waals surface area contributed by atoms with Crippen LogP contribution < -0.4 is 5.32 Å². The highest BCUT2D eigenvalue weighted by Crippen LogP contribution is 2.30. The van der Waals surface area contributed by atoms with Gasteiger partial charge >= 0.3 is 12.0 Å². The molecule has 3 rings (SSSR count). The SMILES string of the molecule is O=C(O)[C@H](Cc1ccc(S(=O)(=O)c2ccccc2)c([N+](=O)[O-])c1)NC(=O)N(CCO)CCc1ccccc1. The summed E-state index contributed by atoms with van der Waals surface area (Å²) in [5.74, 6) is -1.38. The van der Waals surface area contributed by atoms with Gasteiger partial charge in [-0.15, -0.1) is 0 Å². The monoisotopic (exact) mass is 541 g/mol. The molecule has 0 radical (unpaired) electrons. The Morgan fingerprint density at radius 2 is 1.58 bits per heavy atom. The van der Waals surface area contributed by atoms with Crippen molar-refractivity contribution < 1.29 is 33.1 Å². The predicted octanol–water partition coefficient (Wildman–Crippen LogP) is 2.67. The van der Waals surface area contributed by atoms with Crippen LogP contribution in [0.15, 0.2) is 88.7 Å². The van der Waals surface area contributed by atoms with Crippen LogP contribution in [0.2, 0.25) is 0 Å². The van der Waals surface area contributed by atoms with Crippen LogP contribution in [0.1, 0.15) is 11.1 Å². The molecule has 0 saturated carbocycles. The fourth-order valence-electron chi connectivity index (χ4n) is 3.81. The van der Waals surface area contributed by atoms with Crippen molar-refractivity contribution >= 4 is 27.5 Å².